The summed E-state index contributed by atoms with van der Waals surface area (Å²) in [5.41, 5.74) is 4.12. The molecule has 0 aliphatic carbocycles. The van der Waals surface area contributed by atoms with Gasteiger partial charge in [-0.2, -0.15) is 0 Å². The SMILES string of the molecule is Cc1cc(N(C)C)c(C)cc1C=O. The van der Waals surface area contributed by atoms with E-state index in [1.165, 1.54) is 5.69 Å². The predicted octanol–water partition coefficient (Wildman–Crippen LogP) is 2.18. The Balaban J connectivity index is 3.28. The lowest BCUT2D eigenvalue weighted by Crippen LogP contribution is -2.11. The average molecular weight is 177 g/mol. The third-order valence-electron chi connectivity index (χ3n) is 2.19. The number of carbonyl (C=O) groups excluding carboxylic acids is 1. The van der Waals surface area contributed by atoms with Gasteiger partial charge in [0.05, 0.1) is 0 Å². The van der Waals surface area contributed by atoms with Crippen molar-refractivity contribution in [3.8, 4) is 0 Å². The topological polar surface area (TPSA) is 20.3 Å². The average Bonchev–Trinajstić information content (AvgIpc) is 2.07. The van der Waals surface area contributed by atoms with E-state index in [4.69, 9.17) is 0 Å². The Labute approximate surface area is 79.2 Å². The predicted molar refractivity (Wildman–Crippen MR) is 55.6 cm³/mol. The first-order chi connectivity index (χ1) is 6.06. The zero-order chi connectivity index (χ0) is 10.0. The van der Waals surface area contributed by atoms with Crippen LogP contribution in [0.25, 0.3) is 0 Å². The van der Waals surface area contributed by atoms with Gasteiger partial charge in [0.1, 0.15) is 6.29 Å². The molecule has 70 valence electrons. The Kier molecular flexibility index (Phi) is 2.71. The van der Waals surface area contributed by atoms with E-state index in [9.17, 15) is 4.79 Å². The van der Waals surface area contributed by atoms with E-state index >= 15 is 0 Å². The van der Waals surface area contributed by atoms with Gasteiger partial charge in [-0.1, -0.05) is 0 Å². The van der Waals surface area contributed by atoms with Crippen molar-refractivity contribution in [1.82, 2.24) is 0 Å². The van der Waals surface area contributed by atoms with Gasteiger partial charge in [0.2, 0.25) is 0 Å². The molecule has 0 atom stereocenters. The number of rotatable bonds is 2. The minimum Gasteiger partial charge on any atom is -0.377 e. The second kappa shape index (κ2) is 3.60. The van der Waals surface area contributed by atoms with Gasteiger partial charge in [-0.25, -0.2) is 0 Å². The smallest absolute Gasteiger partial charge is 0.150 e. The second-order valence-corrected chi connectivity index (χ2v) is 3.51. The van der Waals surface area contributed by atoms with E-state index in [2.05, 4.69) is 4.90 Å². The van der Waals surface area contributed by atoms with Crippen LogP contribution >= 0.6 is 0 Å². The molecule has 0 bridgehead atoms. The van der Waals surface area contributed by atoms with Crippen molar-refractivity contribution in [3.05, 3.63) is 28.8 Å². The summed E-state index contributed by atoms with van der Waals surface area (Å²) in [6.07, 6.45) is 0.905. The van der Waals surface area contributed by atoms with Gasteiger partial charge >= 0.3 is 0 Å². The fraction of sp³-hybridized carbons (Fsp3) is 0.364. The molecule has 0 aliphatic heterocycles. The number of nitrogens with zero attached hydrogens (tertiary/aromatic N) is 1. The molecule has 0 N–H and O–H groups in total. The van der Waals surface area contributed by atoms with Crippen molar-refractivity contribution < 1.29 is 4.79 Å². The third-order valence-corrected chi connectivity index (χ3v) is 2.19. The second-order valence-electron chi connectivity index (χ2n) is 3.51. The quantitative estimate of drug-likeness (QED) is 0.645. The van der Waals surface area contributed by atoms with Crippen LogP contribution in [0.15, 0.2) is 12.1 Å². The van der Waals surface area contributed by atoms with Crippen LogP contribution in [0, 0.1) is 13.8 Å². The molecule has 0 radical (unpaired) electrons. The number of hydrogen-bond acceptors (Lipinski definition) is 2. The number of aryl methyl sites for hydroxylation is 2. The number of hydrogen-bond donors (Lipinski definition) is 0. The lowest BCUT2D eigenvalue weighted by atomic mass is 10.0. The molecule has 0 saturated heterocycles. The van der Waals surface area contributed by atoms with E-state index in [1.54, 1.807) is 0 Å². The van der Waals surface area contributed by atoms with E-state index in [1.807, 2.05) is 40.1 Å². The van der Waals surface area contributed by atoms with E-state index in [0.29, 0.717) is 0 Å². The summed E-state index contributed by atoms with van der Waals surface area (Å²) in [4.78, 5) is 12.7. The van der Waals surface area contributed by atoms with Crippen molar-refractivity contribution in [1.29, 1.82) is 0 Å². The first-order valence-corrected chi connectivity index (χ1v) is 4.30. The summed E-state index contributed by atoms with van der Waals surface area (Å²) < 4.78 is 0. The summed E-state index contributed by atoms with van der Waals surface area (Å²) in [5, 5.41) is 0. The number of benzene rings is 1. The molecule has 0 saturated carbocycles. The molecule has 2 heteroatoms. The molecule has 1 aromatic carbocycles. The van der Waals surface area contributed by atoms with Crippen molar-refractivity contribution in [2.45, 2.75) is 13.8 Å². The van der Waals surface area contributed by atoms with Gasteiger partial charge in [0.15, 0.2) is 0 Å². The van der Waals surface area contributed by atoms with E-state index in [-0.39, 0.29) is 0 Å². The van der Waals surface area contributed by atoms with Crippen molar-refractivity contribution >= 4 is 12.0 Å². The van der Waals surface area contributed by atoms with Gasteiger partial charge in [0, 0.05) is 25.3 Å². The van der Waals surface area contributed by atoms with Gasteiger partial charge < -0.3 is 4.90 Å². The highest BCUT2D eigenvalue weighted by atomic mass is 16.1. The fourth-order valence-corrected chi connectivity index (χ4v) is 1.43. The van der Waals surface area contributed by atoms with Crippen molar-refractivity contribution in [2.24, 2.45) is 0 Å². The summed E-state index contributed by atoms with van der Waals surface area (Å²) in [6.45, 7) is 3.97. The zero-order valence-electron chi connectivity index (χ0n) is 8.59. The number of carbonyl (C=O) groups is 1. The van der Waals surface area contributed by atoms with Crippen LogP contribution in [-0.2, 0) is 0 Å². The molecule has 0 fully saturated rings. The van der Waals surface area contributed by atoms with Crippen molar-refractivity contribution in [3.63, 3.8) is 0 Å². The van der Waals surface area contributed by atoms with E-state index < -0.39 is 0 Å². The Morgan fingerprint density at radius 3 is 2.23 bits per heavy atom. The standard InChI is InChI=1S/C11H15NO/c1-8-6-11(12(3)4)9(2)5-10(8)7-13/h5-7H,1-4H3. The molecular formula is C11H15NO. The van der Waals surface area contributed by atoms with Gasteiger partial charge in [-0.05, 0) is 37.1 Å². The molecular weight excluding hydrogens is 162 g/mol. The maximum absolute atomic E-state index is 10.6. The minimum atomic E-state index is 0.781. The molecule has 0 unspecified atom stereocenters. The molecule has 1 rings (SSSR count). The molecule has 1 aromatic rings. The number of anilines is 1. The van der Waals surface area contributed by atoms with Gasteiger partial charge in [0.25, 0.3) is 0 Å². The van der Waals surface area contributed by atoms with Crippen LogP contribution in [0.2, 0.25) is 0 Å². The fourth-order valence-electron chi connectivity index (χ4n) is 1.43. The Bertz CT molecular complexity index is 329. The third kappa shape index (κ3) is 1.89. The van der Waals surface area contributed by atoms with Crippen LogP contribution in [0.3, 0.4) is 0 Å². The minimum absolute atomic E-state index is 0.781. The highest BCUT2D eigenvalue weighted by molar-refractivity contribution is 5.79. The Hall–Kier alpha value is -1.31. The van der Waals surface area contributed by atoms with Crippen LogP contribution in [0.5, 0.6) is 0 Å². The monoisotopic (exact) mass is 177 g/mol. The Morgan fingerprint density at radius 2 is 1.77 bits per heavy atom. The first kappa shape index (κ1) is 9.78. The lowest BCUT2D eigenvalue weighted by molar-refractivity contribution is 0.112. The van der Waals surface area contributed by atoms with Crippen LogP contribution in [-0.4, -0.2) is 20.4 Å². The highest BCUT2D eigenvalue weighted by Crippen LogP contribution is 2.21. The highest BCUT2D eigenvalue weighted by Gasteiger charge is 2.04. The summed E-state index contributed by atoms with van der Waals surface area (Å²) in [7, 11) is 4.00. The van der Waals surface area contributed by atoms with Crippen LogP contribution in [0.4, 0.5) is 5.69 Å². The van der Waals surface area contributed by atoms with Gasteiger partial charge in [-0.3, -0.25) is 4.79 Å². The summed E-state index contributed by atoms with van der Waals surface area (Å²) in [5.74, 6) is 0. The molecule has 0 amide bonds. The molecule has 0 spiro atoms. The zero-order valence-corrected chi connectivity index (χ0v) is 8.59. The van der Waals surface area contributed by atoms with Crippen LogP contribution < -0.4 is 4.90 Å². The maximum Gasteiger partial charge on any atom is 0.150 e. The molecule has 2 nitrogen and oxygen atoms in total. The molecule has 0 heterocycles. The normalized spacial score (nSPS) is 9.85. The molecule has 13 heavy (non-hydrogen) atoms. The summed E-state index contributed by atoms with van der Waals surface area (Å²) >= 11 is 0. The molecule has 0 aromatic heterocycles. The first-order valence-electron chi connectivity index (χ1n) is 4.30. The largest absolute Gasteiger partial charge is 0.377 e. The van der Waals surface area contributed by atoms with Crippen molar-refractivity contribution in [2.75, 3.05) is 19.0 Å². The summed E-state index contributed by atoms with van der Waals surface area (Å²) in [6, 6.07) is 3.97. The van der Waals surface area contributed by atoms with Crippen LogP contribution in [0.1, 0.15) is 21.5 Å². The molecule has 0 aliphatic rings. The van der Waals surface area contributed by atoms with Gasteiger partial charge in [-0.15, -0.1) is 0 Å². The maximum atomic E-state index is 10.6. The van der Waals surface area contributed by atoms with E-state index in [0.717, 1.165) is 23.0 Å². The Morgan fingerprint density at radius 1 is 1.15 bits per heavy atom. The number of aldehydes is 1. The lowest BCUT2D eigenvalue weighted by Gasteiger charge is -2.17.